The fourth-order valence-corrected chi connectivity index (χ4v) is 2.84. The van der Waals surface area contributed by atoms with Crippen LogP contribution in [-0.2, 0) is 21.5 Å². The summed E-state index contributed by atoms with van der Waals surface area (Å²) in [7, 11) is 1.61. The maximum atomic E-state index is 12.6. The third-order valence-electron chi connectivity index (χ3n) is 4.32. The van der Waals surface area contributed by atoms with Crippen molar-refractivity contribution in [1.29, 1.82) is 0 Å². The van der Waals surface area contributed by atoms with Crippen LogP contribution in [0.3, 0.4) is 0 Å². The van der Waals surface area contributed by atoms with E-state index < -0.39 is 0 Å². The lowest BCUT2D eigenvalue weighted by atomic mass is 9.86. The van der Waals surface area contributed by atoms with Crippen molar-refractivity contribution in [2.45, 2.75) is 39.7 Å². The van der Waals surface area contributed by atoms with Crippen LogP contribution in [0, 0.1) is 0 Å². The zero-order valence-electron chi connectivity index (χ0n) is 16.7. The molecular formula is C22H28N2O3. The van der Waals surface area contributed by atoms with Crippen LogP contribution >= 0.6 is 0 Å². The summed E-state index contributed by atoms with van der Waals surface area (Å²) < 4.78 is 5.15. The number of hydrogen-bond acceptors (Lipinski definition) is 3. The van der Waals surface area contributed by atoms with Crippen molar-refractivity contribution in [1.82, 2.24) is 4.90 Å². The molecule has 5 nitrogen and oxygen atoms in total. The van der Waals surface area contributed by atoms with E-state index in [2.05, 4.69) is 26.1 Å². The van der Waals surface area contributed by atoms with Gasteiger partial charge in [-0.2, -0.15) is 0 Å². The van der Waals surface area contributed by atoms with Crippen molar-refractivity contribution in [2.24, 2.45) is 0 Å². The number of anilines is 1. The van der Waals surface area contributed by atoms with Crippen molar-refractivity contribution in [3.63, 3.8) is 0 Å². The van der Waals surface area contributed by atoms with Crippen molar-refractivity contribution in [3.8, 4) is 5.75 Å². The first-order chi connectivity index (χ1) is 12.7. The molecule has 0 aromatic heterocycles. The summed E-state index contributed by atoms with van der Waals surface area (Å²) in [5.41, 5.74) is 2.69. The third-order valence-corrected chi connectivity index (χ3v) is 4.32. The van der Waals surface area contributed by atoms with Gasteiger partial charge < -0.3 is 15.0 Å². The van der Waals surface area contributed by atoms with Crippen LogP contribution in [0.5, 0.6) is 5.75 Å². The van der Waals surface area contributed by atoms with Crippen molar-refractivity contribution in [2.75, 3.05) is 19.0 Å². The van der Waals surface area contributed by atoms with E-state index in [1.807, 2.05) is 48.5 Å². The van der Waals surface area contributed by atoms with Gasteiger partial charge in [-0.15, -0.1) is 0 Å². The first-order valence-electron chi connectivity index (χ1n) is 8.98. The lowest BCUT2D eigenvalue weighted by Gasteiger charge is -2.24. The molecule has 5 heteroatoms. The highest BCUT2D eigenvalue weighted by molar-refractivity contribution is 5.95. The molecule has 0 spiro atoms. The molecule has 144 valence electrons. The lowest BCUT2D eigenvalue weighted by Crippen LogP contribution is -2.36. The number of ether oxygens (including phenoxy) is 1. The molecule has 0 saturated carbocycles. The van der Waals surface area contributed by atoms with E-state index in [1.165, 1.54) is 11.8 Å². The van der Waals surface area contributed by atoms with E-state index in [-0.39, 0.29) is 23.8 Å². The van der Waals surface area contributed by atoms with Gasteiger partial charge in [-0.1, -0.05) is 51.1 Å². The molecule has 0 bridgehead atoms. The Balaban J connectivity index is 2.08. The highest BCUT2D eigenvalue weighted by Crippen LogP contribution is 2.29. The summed E-state index contributed by atoms with van der Waals surface area (Å²) in [4.78, 5) is 26.1. The van der Waals surface area contributed by atoms with Gasteiger partial charge in [0.1, 0.15) is 12.3 Å². The maximum Gasteiger partial charge on any atom is 0.244 e. The standard InChI is InChI=1S/C22H28N2O3/c1-16(25)24(14-17-10-12-18(27-5)13-11-17)15-21(26)23-20-9-7-6-8-19(20)22(2,3)4/h6-13H,14-15H2,1-5H3,(H,23,26). The lowest BCUT2D eigenvalue weighted by molar-refractivity contribution is -0.133. The van der Waals surface area contributed by atoms with E-state index >= 15 is 0 Å². The van der Waals surface area contributed by atoms with E-state index in [0.29, 0.717) is 6.54 Å². The third kappa shape index (κ3) is 5.84. The summed E-state index contributed by atoms with van der Waals surface area (Å²) in [5, 5.41) is 2.95. The Hall–Kier alpha value is -2.82. The van der Waals surface area contributed by atoms with Crippen molar-refractivity contribution in [3.05, 3.63) is 59.7 Å². The van der Waals surface area contributed by atoms with Gasteiger partial charge in [0.25, 0.3) is 0 Å². The number of carbonyl (C=O) groups excluding carboxylic acids is 2. The van der Waals surface area contributed by atoms with Crippen LogP contribution in [0.25, 0.3) is 0 Å². The quantitative estimate of drug-likeness (QED) is 0.839. The van der Waals surface area contributed by atoms with Crippen LogP contribution < -0.4 is 10.1 Å². The molecule has 0 aliphatic rings. The second-order valence-electron chi connectivity index (χ2n) is 7.57. The van der Waals surface area contributed by atoms with Crippen LogP contribution in [0.15, 0.2) is 48.5 Å². The molecule has 0 radical (unpaired) electrons. The van der Waals surface area contributed by atoms with Crippen LogP contribution in [0.1, 0.15) is 38.8 Å². The zero-order valence-corrected chi connectivity index (χ0v) is 16.7. The molecule has 0 atom stereocenters. The molecule has 0 aliphatic carbocycles. The van der Waals surface area contributed by atoms with Gasteiger partial charge in [-0.05, 0) is 34.7 Å². The Labute approximate surface area is 161 Å². The molecule has 0 unspecified atom stereocenters. The molecular weight excluding hydrogens is 340 g/mol. The smallest absolute Gasteiger partial charge is 0.244 e. The number of amides is 2. The van der Waals surface area contributed by atoms with Crippen LogP contribution in [0.2, 0.25) is 0 Å². The Morgan fingerprint density at radius 2 is 1.67 bits per heavy atom. The van der Waals surface area contributed by atoms with E-state index in [9.17, 15) is 9.59 Å². The monoisotopic (exact) mass is 368 g/mol. The molecule has 2 aromatic carbocycles. The molecule has 0 fully saturated rings. The largest absolute Gasteiger partial charge is 0.497 e. The van der Waals surface area contributed by atoms with Crippen LogP contribution in [-0.4, -0.2) is 30.4 Å². The number of nitrogens with one attached hydrogen (secondary N) is 1. The zero-order chi connectivity index (χ0) is 20.0. The molecule has 27 heavy (non-hydrogen) atoms. The average Bonchev–Trinajstić information content (AvgIpc) is 2.61. The number of rotatable bonds is 6. The molecule has 1 N–H and O–H groups in total. The minimum atomic E-state index is -0.213. The average molecular weight is 368 g/mol. The first kappa shape index (κ1) is 20.5. The minimum absolute atomic E-state index is 0.000159. The van der Waals surface area contributed by atoms with E-state index in [4.69, 9.17) is 4.74 Å². The summed E-state index contributed by atoms with van der Waals surface area (Å²) in [5.74, 6) is 0.394. The van der Waals surface area contributed by atoms with Gasteiger partial charge in [0.2, 0.25) is 11.8 Å². The van der Waals surface area contributed by atoms with Gasteiger partial charge >= 0.3 is 0 Å². The number of para-hydroxylation sites is 1. The van der Waals surface area contributed by atoms with E-state index in [1.54, 1.807) is 7.11 Å². The van der Waals surface area contributed by atoms with Crippen molar-refractivity contribution < 1.29 is 14.3 Å². The molecule has 2 aromatic rings. The topological polar surface area (TPSA) is 58.6 Å². The Kier molecular flexibility index (Phi) is 6.61. The number of nitrogens with zero attached hydrogens (tertiary/aromatic N) is 1. The van der Waals surface area contributed by atoms with Gasteiger partial charge in [0.15, 0.2) is 0 Å². The van der Waals surface area contributed by atoms with Gasteiger partial charge in [-0.25, -0.2) is 0 Å². The second-order valence-corrected chi connectivity index (χ2v) is 7.57. The van der Waals surface area contributed by atoms with E-state index in [0.717, 1.165) is 22.6 Å². The fraction of sp³-hybridized carbons (Fsp3) is 0.364. The summed E-state index contributed by atoms with van der Waals surface area (Å²) >= 11 is 0. The molecule has 2 rings (SSSR count). The van der Waals surface area contributed by atoms with Crippen molar-refractivity contribution >= 4 is 17.5 Å². The highest BCUT2D eigenvalue weighted by atomic mass is 16.5. The number of hydrogen-bond donors (Lipinski definition) is 1. The first-order valence-corrected chi connectivity index (χ1v) is 8.98. The highest BCUT2D eigenvalue weighted by Gasteiger charge is 2.20. The molecule has 2 amide bonds. The minimum Gasteiger partial charge on any atom is -0.497 e. The maximum absolute atomic E-state index is 12.6. The fourth-order valence-electron chi connectivity index (χ4n) is 2.84. The number of methoxy groups -OCH3 is 1. The SMILES string of the molecule is COc1ccc(CN(CC(=O)Nc2ccccc2C(C)(C)C)C(C)=O)cc1. The predicted molar refractivity (Wildman–Crippen MR) is 108 cm³/mol. The van der Waals surface area contributed by atoms with Gasteiger partial charge in [0.05, 0.1) is 7.11 Å². The second kappa shape index (κ2) is 8.71. The van der Waals surface area contributed by atoms with Gasteiger partial charge in [-0.3, -0.25) is 9.59 Å². The Bertz CT molecular complexity index is 792. The predicted octanol–water partition coefficient (Wildman–Crippen LogP) is 3.98. The Morgan fingerprint density at radius 1 is 1.04 bits per heavy atom. The normalized spacial score (nSPS) is 11.0. The molecule has 0 aliphatic heterocycles. The summed E-state index contributed by atoms with van der Waals surface area (Å²) in [6.07, 6.45) is 0. The van der Waals surface area contributed by atoms with Crippen LogP contribution in [0.4, 0.5) is 5.69 Å². The summed E-state index contributed by atoms with van der Waals surface area (Å²) in [6.45, 7) is 8.14. The molecule has 0 saturated heterocycles. The summed E-state index contributed by atoms with van der Waals surface area (Å²) in [6, 6.07) is 15.2. The number of carbonyl (C=O) groups is 2. The Morgan fingerprint density at radius 3 is 2.22 bits per heavy atom. The molecule has 0 heterocycles. The van der Waals surface area contributed by atoms with Gasteiger partial charge in [0, 0.05) is 19.2 Å². The number of benzene rings is 2.